The van der Waals surface area contributed by atoms with Crippen molar-refractivity contribution in [3.63, 3.8) is 0 Å². The molecule has 0 amide bonds. The molecule has 66 valence electrons. The van der Waals surface area contributed by atoms with E-state index in [1.165, 1.54) is 6.08 Å². The third kappa shape index (κ3) is 1.54. The van der Waals surface area contributed by atoms with Gasteiger partial charge in [0, 0.05) is 0 Å². The molecule has 0 atom stereocenters. The van der Waals surface area contributed by atoms with Crippen molar-refractivity contribution in [1.29, 1.82) is 0 Å². The van der Waals surface area contributed by atoms with E-state index in [0.29, 0.717) is 6.42 Å². The zero-order chi connectivity index (χ0) is 9.19. The SMILES string of the molecule is O=C(Cl)C1(C(=O)Cl)C=CCCC1. The van der Waals surface area contributed by atoms with Gasteiger partial charge in [-0.3, -0.25) is 9.59 Å². The summed E-state index contributed by atoms with van der Waals surface area (Å²) >= 11 is 10.6. The number of hydrogen-bond acceptors (Lipinski definition) is 2. The third-order valence-electron chi connectivity index (χ3n) is 2.05. The molecular formula is C8H8Cl2O2. The maximum absolute atomic E-state index is 11.0. The molecule has 1 aliphatic carbocycles. The van der Waals surface area contributed by atoms with Crippen LogP contribution in [-0.2, 0) is 9.59 Å². The lowest BCUT2D eigenvalue weighted by atomic mass is 9.81. The Labute approximate surface area is 80.5 Å². The summed E-state index contributed by atoms with van der Waals surface area (Å²) < 4.78 is 0. The first kappa shape index (κ1) is 9.75. The smallest absolute Gasteiger partial charge is 0.240 e. The van der Waals surface area contributed by atoms with Crippen LogP contribution in [0.5, 0.6) is 0 Å². The summed E-state index contributed by atoms with van der Waals surface area (Å²) in [5.41, 5.74) is -1.25. The van der Waals surface area contributed by atoms with Crippen LogP contribution in [-0.4, -0.2) is 10.5 Å². The second-order valence-electron chi connectivity index (χ2n) is 2.81. The predicted molar refractivity (Wildman–Crippen MR) is 47.1 cm³/mol. The Kier molecular flexibility index (Phi) is 2.91. The van der Waals surface area contributed by atoms with E-state index in [2.05, 4.69) is 0 Å². The standard InChI is InChI=1S/C8H8Cl2O2/c9-6(11)8(7(10)12)4-2-1-3-5-8/h2,4H,1,3,5H2. The third-order valence-corrected chi connectivity index (χ3v) is 2.72. The Hall–Kier alpha value is -0.340. The van der Waals surface area contributed by atoms with Gasteiger partial charge in [0.2, 0.25) is 10.5 Å². The number of rotatable bonds is 2. The van der Waals surface area contributed by atoms with Gasteiger partial charge in [0.15, 0.2) is 0 Å². The highest BCUT2D eigenvalue weighted by molar-refractivity contribution is 6.75. The van der Waals surface area contributed by atoms with Crippen LogP contribution in [0.25, 0.3) is 0 Å². The molecular weight excluding hydrogens is 199 g/mol. The highest BCUT2D eigenvalue weighted by atomic mass is 35.5. The zero-order valence-electron chi connectivity index (χ0n) is 6.35. The van der Waals surface area contributed by atoms with Crippen molar-refractivity contribution in [2.75, 3.05) is 0 Å². The quantitative estimate of drug-likeness (QED) is 0.395. The topological polar surface area (TPSA) is 34.1 Å². The van der Waals surface area contributed by atoms with Gasteiger partial charge < -0.3 is 0 Å². The van der Waals surface area contributed by atoms with Crippen LogP contribution >= 0.6 is 23.2 Å². The van der Waals surface area contributed by atoms with Crippen molar-refractivity contribution in [3.05, 3.63) is 12.2 Å². The molecule has 1 rings (SSSR count). The largest absolute Gasteiger partial charge is 0.280 e. The van der Waals surface area contributed by atoms with Gasteiger partial charge in [-0.15, -0.1) is 0 Å². The van der Waals surface area contributed by atoms with Crippen LogP contribution in [0.1, 0.15) is 19.3 Å². The molecule has 0 spiro atoms. The molecule has 12 heavy (non-hydrogen) atoms. The van der Waals surface area contributed by atoms with E-state index in [9.17, 15) is 9.59 Å². The Balaban J connectivity index is 3.01. The Bertz CT molecular complexity index is 231. The highest BCUT2D eigenvalue weighted by Gasteiger charge is 2.41. The molecule has 0 heterocycles. The fourth-order valence-electron chi connectivity index (χ4n) is 1.27. The monoisotopic (exact) mass is 206 g/mol. The normalized spacial score (nSPS) is 20.5. The van der Waals surface area contributed by atoms with E-state index in [1.807, 2.05) is 0 Å². The van der Waals surface area contributed by atoms with Gasteiger partial charge in [-0.2, -0.15) is 0 Å². The average Bonchev–Trinajstić information content (AvgIpc) is 2.05. The van der Waals surface area contributed by atoms with Crippen LogP contribution in [0.4, 0.5) is 0 Å². The summed E-state index contributed by atoms with van der Waals surface area (Å²) in [6, 6.07) is 0. The molecule has 0 unspecified atom stereocenters. The van der Waals surface area contributed by atoms with Crippen molar-refractivity contribution in [1.82, 2.24) is 0 Å². The first-order chi connectivity index (χ1) is 5.59. The number of carbonyl (C=O) groups excluding carboxylic acids is 2. The van der Waals surface area contributed by atoms with Crippen molar-refractivity contribution < 1.29 is 9.59 Å². The lowest BCUT2D eigenvalue weighted by Gasteiger charge is -2.24. The first-order valence-electron chi connectivity index (χ1n) is 3.67. The molecule has 0 aromatic heterocycles. The summed E-state index contributed by atoms with van der Waals surface area (Å²) in [5, 5.41) is -1.36. The molecule has 1 aliphatic rings. The maximum Gasteiger partial charge on any atom is 0.240 e. The summed E-state index contributed by atoms with van der Waals surface area (Å²) in [6.45, 7) is 0. The number of hydrogen-bond donors (Lipinski definition) is 0. The molecule has 0 bridgehead atoms. The molecule has 0 radical (unpaired) electrons. The van der Waals surface area contributed by atoms with E-state index in [-0.39, 0.29) is 0 Å². The summed E-state index contributed by atoms with van der Waals surface area (Å²) in [5.74, 6) is 0. The van der Waals surface area contributed by atoms with E-state index in [0.717, 1.165) is 12.8 Å². The second kappa shape index (κ2) is 3.58. The van der Waals surface area contributed by atoms with Crippen molar-refractivity contribution in [2.24, 2.45) is 5.41 Å². The second-order valence-corrected chi connectivity index (χ2v) is 3.50. The molecule has 4 heteroatoms. The van der Waals surface area contributed by atoms with Gasteiger partial charge in [-0.1, -0.05) is 12.2 Å². The fourth-order valence-corrected chi connectivity index (χ4v) is 1.81. The first-order valence-corrected chi connectivity index (χ1v) is 4.43. The molecule has 0 saturated carbocycles. The van der Waals surface area contributed by atoms with Gasteiger partial charge in [0.1, 0.15) is 5.41 Å². The maximum atomic E-state index is 11.0. The minimum Gasteiger partial charge on any atom is -0.280 e. The molecule has 0 aromatic carbocycles. The summed E-state index contributed by atoms with van der Waals surface area (Å²) in [6.07, 6.45) is 5.35. The molecule has 2 nitrogen and oxygen atoms in total. The fraction of sp³-hybridized carbons (Fsp3) is 0.500. The van der Waals surface area contributed by atoms with Crippen LogP contribution in [0.2, 0.25) is 0 Å². The Morgan fingerprint density at radius 1 is 1.25 bits per heavy atom. The van der Waals surface area contributed by atoms with Crippen molar-refractivity contribution >= 4 is 33.7 Å². The number of carbonyl (C=O) groups is 2. The average molecular weight is 207 g/mol. The number of halogens is 2. The summed E-state index contributed by atoms with van der Waals surface area (Å²) in [4.78, 5) is 21.9. The van der Waals surface area contributed by atoms with E-state index in [1.54, 1.807) is 6.08 Å². The van der Waals surface area contributed by atoms with Gasteiger partial charge in [-0.05, 0) is 42.5 Å². The van der Waals surface area contributed by atoms with Crippen LogP contribution in [0.3, 0.4) is 0 Å². The minimum atomic E-state index is -1.25. The molecule has 0 saturated heterocycles. The van der Waals surface area contributed by atoms with Crippen LogP contribution < -0.4 is 0 Å². The molecule has 0 fully saturated rings. The van der Waals surface area contributed by atoms with E-state index < -0.39 is 15.9 Å². The highest BCUT2D eigenvalue weighted by Crippen LogP contribution is 2.35. The molecule has 0 N–H and O–H groups in total. The van der Waals surface area contributed by atoms with E-state index >= 15 is 0 Å². The number of allylic oxidation sites excluding steroid dienone is 2. The minimum absolute atomic E-state index is 0.425. The van der Waals surface area contributed by atoms with E-state index in [4.69, 9.17) is 23.2 Å². The van der Waals surface area contributed by atoms with Gasteiger partial charge in [0.25, 0.3) is 0 Å². The van der Waals surface area contributed by atoms with Crippen LogP contribution in [0, 0.1) is 5.41 Å². The van der Waals surface area contributed by atoms with Gasteiger partial charge >= 0.3 is 0 Å². The van der Waals surface area contributed by atoms with Crippen LogP contribution in [0.15, 0.2) is 12.2 Å². The Morgan fingerprint density at radius 2 is 1.83 bits per heavy atom. The molecule has 0 aliphatic heterocycles. The van der Waals surface area contributed by atoms with Crippen molar-refractivity contribution in [2.45, 2.75) is 19.3 Å². The predicted octanol–water partition coefficient (Wildman–Crippen LogP) is 2.24. The molecule has 0 aromatic rings. The van der Waals surface area contributed by atoms with Crippen molar-refractivity contribution in [3.8, 4) is 0 Å². The Morgan fingerprint density at radius 3 is 2.08 bits per heavy atom. The van der Waals surface area contributed by atoms with Gasteiger partial charge in [-0.25, -0.2) is 0 Å². The van der Waals surface area contributed by atoms with Gasteiger partial charge in [0.05, 0.1) is 0 Å². The lowest BCUT2D eigenvalue weighted by Crippen LogP contribution is -2.33. The zero-order valence-corrected chi connectivity index (χ0v) is 7.86. The lowest BCUT2D eigenvalue weighted by molar-refractivity contribution is -0.128. The summed E-state index contributed by atoms with van der Waals surface area (Å²) in [7, 11) is 0.